The van der Waals surface area contributed by atoms with Crippen LogP contribution in [0, 0.1) is 5.41 Å². The molecule has 1 aromatic heterocycles. The lowest BCUT2D eigenvalue weighted by atomic mass is 9.85. The molecule has 2 aromatic carbocycles. The average Bonchev–Trinajstić information content (AvgIpc) is 3.59. The Morgan fingerprint density at radius 3 is 2.48 bits per heavy atom. The first kappa shape index (κ1) is 29.3. The summed E-state index contributed by atoms with van der Waals surface area (Å²) in [7, 11) is 1.73. The largest absolute Gasteiger partial charge is 0.360 e. The topological polar surface area (TPSA) is 97.5 Å². The van der Waals surface area contributed by atoms with Crippen LogP contribution in [-0.2, 0) is 16.0 Å². The van der Waals surface area contributed by atoms with E-state index in [1.54, 1.807) is 20.2 Å². The lowest BCUT2D eigenvalue weighted by Crippen LogP contribution is -2.59. The van der Waals surface area contributed by atoms with Crippen molar-refractivity contribution in [1.29, 1.82) is 0 Å². The summed E-state index contributed by atoms with van der Waals surface area (Å²) >= 11 is 0. The van der Waals surface area contributed by atoms with E-state index in [9.17, 15) is 14.4 Å². The number of para-hydroxylation sites is 1. The number of nitrogens with zero attached hydrogens (tertiary/aromatic N) is 2. The van der Waals surface area contributed by atoms with E-state index in [4.69, 9.17) is 0 Å². The molecule has 0 bridgehead atoms. The van der Waals surface area contributed by atoms with Gasteiger partial charge in [-0.15, -0.1) is 0 Å². The SMILES string of the molecule is CN[C@@H](C)C(=O)NC(C(=O)N1CCC[C@H]1CN(CCc1ccccc1)C(=O)c1c[nH]c2ccccc12)C(C)(C)C. The molecule has 1 saturated heterocycles. The van der Waals surface area contributed by atoms with Gasteiger partial charge in [-0.2, -0.15) is 0 Å². The fraction of sp³-hybridized carbons (Fsp3) is 0.469. The molecule has 0 saturated carbocycles. The van der Waals surface area contributed by atoms with Crippen LogP contribution in [-0.4, -0.2) is 77.3 Å². The number of likely N-dealkylation sites (N-methyl/N-ethyl adjacent to an activating group) is 1. The van der Waals surface area contributed by atoms with Crippen molar-refractivity contribution in [2.45, 2.75) is 65.1 Å². The number of amides is 3. The fourth-order valence-electron chi connectivity index (χ4n) is 5.39. The number of nitrogens with one attached hydrogen (secondary N) is 3. The van der Waals surface area contributed by atoms with Gasteiger partial charge in [-0.1, -0.05) is 69.3 Å². The zero-order chi connectivity index (χ0) is 28.9. The van der Waals surface area contributed by atoms with Gasteiger partial charge in [0.25, 0.3) is 5.91 Å². The Balaban J connectivity index is 1.57. The molecule has 1 aliphatic heterocycles. The monoisotopic (exact) mass is 545 g/mol. The van der Waals surface area contributed by atoms with Crippen molar-refractivity contribution in [1.82, 2.24) is 25.4 Å². The molecule has 214 valence electrons. The van der Waals surface area contributed by atoms with Crippen LogP contribution in [0.5, 0.6) is 0 Å². The Kier molecular flexibility index (Phi) is 9.30. The summed E-state index contributed by atoms with van der Waals surface area (Å²) < 4.78 is 0. The average molecular weight is 546 g/mol. The van der Waals surface area contributed by atoms with Crippen LogP contribution < -0.4 is 10.6 Å². The zero-order valence-electron chi connectivity index (χ0n) is 24.4. The molecule has 0 radical (unpaired) electrons. The molecule has 0 aliphatic carbocycles. The van der Waals surface area contributed by atoms with E-state index in [-0.39, 0.29) is 23.8 Å². The number of aromatic nitrogens is 1. The molecular weight excluding hydrogens is 502 g/mol. The molecule has 8 nitrogen and oxygen atoms in total. The maximum Gasteiger partial charge on any atom is 0.256 e. The predicted octanol–water partition coefficient (Wildman–Crippen LogP) is 3.98. The highest BCUT2D eigenvalue weighted by Crippen LogP contribution is 2.27. The lowest BCUT2D eigenvalue weighted by Gasteiger charge is -2.37. The van der Waals surface area contributed by atoms with Crippen LogP contribution in [0.15, 0.2) is 60.8 Å². The Morgan fingerprint density at radius 1 is 1.07 bits per heavy atom. The van der Waals surface area contributed by atoms with Gasteiger partial charge in [0, 0.05) is 42.8 Å². The number of fused-ring (bicyclic) bond motifs is 1. The number of likely N-dealkylation sites (tertiary alicyclic amines) is 1. The molecule has 40 heavy (non-hydrogen) atoms. The highest BCUT2D eigenvalue weighted by atomic mass is 16.2. The van der Waals surface area contributed by atoms with E-state index in [1.807, 2.05) is 73.0 Å². The van der Waals surface area contributed by atoms with Crippen LogP contribution in [0.1, 0.15) is 56.5 Å². The van der Waals surface area contributed by atoms with E-state index >= 15 is 0 Å². The number of hydrogen-bond donors (Lipinski definition) is 3. The molecular formula is C32H43N5O3. The van der Waals surface area contributed by atoms with Gasteiger partial charge in [-0.25, -0.2) is 0 Å². The van der Waals surface area contributed by atoms with Gasteiger partial charge in [0.1, 0.15) is 6.04 Å². The minimum atomic E-state index is -0.668. The summed E-state index contributed by atoms with van der Waals surface area (Å²) in [6.45, 7) is 9.28. The van der Waals surface area contributed by atoms with Gasteiger partial charge < -0.3 is 25.4 Å². The highest BCUT2D eigenvalue weighted by molar-refractivity contribution is 6.06. The second-order valence-electron chi connectivity index (χ2n) is 11.9. The predicted molar refractivity (Wildman–Crippen MR) is 159 cm³/mol. The van der Waals surface area contributed by atoms with Crippen molar-refractivity contribution in [2.75, 3.05) is 26.7 Å². The van der Waals surface area contributed by atoms with Gasteiger partial charge in [0.05, 0.1) is 11.6 Å². The normalized spacial score (nSPS) is 17.0. The summed E-state index contributed by atoms with van der Waals surface area (Å²) in [5.74, 6) is -0.337. The summed E-state index contributed by atoms with van der Waals surface area (Å²) in [6.07, 6.45) is 4.18. The van der Waals surface area contributed by atoms with Crippen molar-refractivity contribution < 1.29 is 14.4 Å². The molecule has 1 aliphatic rings. The van der Waals surface area contributed by atoms with Crippen molar-refractivity contribution in [3.63, 3.8) is 0 Å². The number of carbonyl (C=O) groups excluding carboxylic acids is 3. The second kappa shape index (κ2) is 12.7. The molecule has 3 amide bonds. The Morgan fingerprint density at radius 2 is 1.77 bits per heavy atom. The van der Waals surface area contributed by atoms with Crippen LogP contribution >= 0.6 is 0 Å². The third-order valence-electron chi connectivity index (χ3n) is 7.94. The first-order chi connectivity index (χ1) is 19.1. The Bertz CT molecular complexity index is 1310. The van der Waals surface area contributed by atoms with E-state index < -0.39 is 17.5 Å². The standard InChI is InChI=1S/C32H43N5O3/c1-22(33-5)29(38)35-28(32(2,3)4)31(40)37-18-11-14-24(37)21-36(19-17-23-12-7-6-8-13-23)30(39)26-20-34-27-16-10-9-15-25(26)27/h6-10,12-13,15-16,20,22,24,28,33-34H,11,14,17-19,21H2,1-5H3,(H,35,38)/t22-,24-,28?/m0/s1. The summed E-state index contributed by atoms with van der Waals surface area (Å²) in [4.78, 5) is 47.7. The summed E-state index contributed by atoms with van der Waals surface area (Å²) in [5.41, 5.74) is 2.25. The van der Waals surface area contributed by atoms with Gasteiger partial charge in [0.2, 0.25) is 11.8 Å². The molecule has 4 rings (SSSR count). The molecule has 3 aromatic rings. The van der Waals surface area contributed by atoms with Crippen molar-refractivity contribution >= 4 is 28.6 Å². The molecule has 8 heteroatoms. The Hall–Kier alpha value is -3.65. The molecule has 2 heterocycles. The first-order valence-corrected chi connectivity index (χ1v) is 14.3. The molecule has 1 fully saturated rings. The van der Waals surface area contributed by atoms with E-state index in [0.717, 1.165) is 35.7 Å². The molecule has 3 N–H and O–H groups in total. The molecule has 0 spiro atoms. The molecule has 1 unspecified atom stereocenters. The van der Waals surface area contributed by atoms with Gasteiger partial charge in [-0.3, -0.25) is 14.4 Å². The first-order valence-electron chi connectivity index (χ1n) is 14.3. The number of carbonyl (C=O) groups is 3. The Labute approximate surface area is 237 Å². The van der Waals surface area contributed by atoms with Gasteiger partial charge in [0.15, 0.2) is 0 Å². The molecule has 3 atom stereocenters. The number of hydrogen-bond acceptors (Lipinski definition) is 4. The second-order valence-corrected chi connectivity index (χ2v) is 11.9. The third kappa shape index (κ3) is 6.73. The van der Waals surface area contributed by atoms with Crippen LogP contribution in [0.2, 0.25) is 0 Å². The van der Waals surface area contributed by atoms with Crippen molar-refractivity contribution in [3.05, 3.63) is 71.9 Å². The van der Waals surface area contributed by atoms with Crippen molar-refractivity contribution in [2.24, 2.45) is 5.41 Å². The van der Waals surface area contributed by atoms with E-state index in [1.165, 1.54) is 0 Å². The van der Waals surface area contributed by atoms with Crippen LogP contribution in [0.25, 0.3) is 10.9 Å². The number of benzene rings is 2. The number of H-pyrrole nitrogens is 1. The maximum atomic E-state index is 14.0. The number of rotatable bonds is 10. The summed E-state index contributed by atoms with van der Waals surface area (Å²) in [5, 5.41) is 6.83. The summed E-state index contributed by atoms with van der Waals surface area (Å²) in [6, 6.07) is 16.8. The quantitative estimate of drug-likeness (QED) is 0.359. The highest BCUT2D eigenvalue weighted by Gasteiger charge is 2.41. The van der Waals surface area contributed by atoms with E-state index in [0.29, 0.717) is 25.2 Å². The maximum absolute atomic E-state index is 14.0. The minimum absolute atomic E-state index is 0.0452. The number of aromatic amines is 1. The minimum Gasteiger partial charge on any atom is -0.360 e. The third-order valence-corrected chi connectivity index (χ3v) is 7.94. The van der Waals surface area contributed by atoms with E-state index in [2.05, 4.69) is 27.8 Å². The van der Waals surface area contributed by atoms with Crippen molar-refractivity contribution in [3.8, 4) is 0 Å². The smallest absolute Gasteiger partial charge is 0.256 e. The lowest BCUT2D eigenvalue weighted by molar-refractivity contribution is -0.140. The van der Waals surface area contributed by atoms with Gasteiger partial charge in [-0.05, 0) is 50.3 Å². The fourth-order valence-corrected chi connectivity index (χ4v) is 5.39. The zero-order valence-corrected chi connectivity index (χ0v) is 24.4. The van der Waals surface area contributed by atoms with Crippen LogP contribution in [0.3, 0.4) is 0 Å². The van der Waals surface area contributed by atoms with Crippen LogP contribution in [0.4, 0.5) is 0 Å². The van der Waals surface area contributed by atoms with Gasteiger partial charge >= 0.3 is 0 Å².